The third-order valence-corrected chi connectivity index (χ3v) is 4.51. The number of carbonyl (C=O) groups excluding carboxylic acids is 1. The summed E-state index contributed by atoms with van der Waals surface area (Å²) >= 11 is 1.46. The molecule has 1 aromatic rings. The zero-order valence-electron chi connectivity index (χ0n) is 9.93. The van der Waals surface area contributed by atoms with E-state index in [9.17, 15) is 9.00 Å². The number of thioether (sulfide) groups is 1. The third-order valence-electron chi connectivity index (χ3n) is 2.10. The van der Waals surface area contributed by atoms with Crippen LogP contribution in [0, 0.1) is 0 Å². The van der Waals surface area contributed by atoms with Crippen molar-refractivity contribution in [1.29, 1.82) is 0 Å². The second kappa shape index (κ2) is 6.61. The van der Waals surface area contributed by atoms with E-state index in [1.807, 2.05) is 12.3 Å². The van der Waals surface area contributed by atoms with E-state index in [2.05, 4.69) is 4.74 Å². The Kier molecular flexibility index (Phi) is 5.44. The summed E-state index contributed by atoms with van der Waals surface area (Å²) in [5.74, 6) is -0.357. The van der Waals surface area contributed by atoms with E-state index in [0.717, 1.165) is 9.80 Å². The summed E-state index contributed by atoms with van der Waals surface area (Å²) in [5.41, 5.74) is 1.42. The van der Waals surface area contributed by atoms with E-state index in [0.29, 0.717) is 5.56 Å². The summed E-state index contributed by atoms with van der Waals surface area (Å²) in [4.78, 5) is 11.2. The van der Waals surface area contributed by atoms with Crippen molar-refractivity contribution in [1.82, 2.24) is 0 Å². The van der Waals surface area contributed by atoms with Gasteiger partial charge in [0.15, 0.2) is 0 Å². The van der Waals surface area contributed by atoms with Gasteiger partial charge >= 0.3 is 5.97 Å². The monoisotopic (exact) mass is 270 g/mol. The van der Waals surface area contributed by atoms with Crippen LogP contribution in [0.2, 0.25) is 0 Å². The predicted molar refractivity (Wildman–Crippen MR) is 73.3 cm³/mol. The van der Waals surface area contributed by atoms with E-state index < -0.39 is 10.8 Å². The molecule has 1 rings (SSSR count). The van der Waals surface area contributed by atoms with Crippen molar-refractivity contribution in [3.05, 3.63) is 39.6 Å². The van der Waals surface area contributed by atoms with E-state index in [-0.39, 0.29) is 5.97 Å². The molecular formula is C12H14O3S2. The van der Waals surface area contributed by atoms with Gasteiger partial charge in [0.1, 0.15) is 0 Å². The zero-order valence-corrected chi connectivity index (χ0v) is 11.6. The molecule has 0 fully saturated rings. The number of hydrogen-bond donors (Lipinski definition) is 0. The molecule has 1 unspecified atom stereocenters. The molecule has 5 heteroatoms. The van der Waals surface area contributed by atoms with Crippen molar-refractivity contribution in [3.8, 4) is 0 Å². The van der Waals surface area contributed by atoms with Crippen LogP contribution in [0.3, 0.4) is 0 Å². The number of methoxy groups -OCH3 is 1. The molecule has 0 bridgehead atoms. The van der Waals surface area contributed by atoms with Gasteiger partial charge in [0, 0.05) is 6.26 Å². The maximum Gasteiger partial charge on any atom is 0.337 e. The lowest BCUT2D eigenvalue weighted by Gasteiger charge is -2.02. The van der Waals surface area contributed by atoms with Crippen LogP contribution in [-0.2, 0) is 15.5 Å². The van der Waals surface area contributed by atoms with Crippen LogP contribution in [-0.4, -0.2) is 29.8 Å². The van der Waals surface area contributed by atoms with Gasteiger partial charge in [-0.1, -0.05) is 12.1 Å². The predicted octanol–water partition coefficient (Wildman–Crippen LogP) is 2.51. The fourth-order valence-corrected chi connectivity index (χ4v) is 2.72. The first kappa shape index (κ1) is 14.0. The first-order chi connectivity index (χ1) is 8.08. The first-order valence-corrected chi connectivity index (χ1v) is 7.64. The summed E-state index contributed by atoms with van der Waals surface area (Å²) in [7, 11) is 0.362. The Balaban J connectivity index is 2.95. The normalized spacial score (nSPS) is 13.2. The molecule has 3 nitrogen and oxygen atoms in total. The molecule has 0 aromatic heterocycles. The lowest BCUT2D eigenvalue weighted by atomic mass is 10.1. The van der Waals surface area contributed by atoms with Crippen LogP contribution in [0.25, 0.3) is 6.08 Å². The Morgan fingerprint density at radius 3 is 2.35 bits per heavy atom. The fourth-order valence-electron chi connectivity index (χ4n) is 1.23. The van der Waals surface area contributed by atoms with Gasteiger partial charge in [-0.05, 0) is 30.0 Å². The Morgan fingerprint density at radius 2 is 1.94 bits per heavy atom. The minimum absolute atomic E-state index is 0.357. The smallest absolute Gasteiger partial charge is 0.337 e. The number of carbonyl (C=O) groups is 1. The van der Waals surface area contributed by atoms with Crippen molar-refractivity contribution in [2.75, 3.05) is 19.6 Å². The molecule has 0 aliphatic carbocycles. The SMILES string of the molecule is COC(=O)c1ccc(/C=C(\SC)S(C)=O)cc1. The Bertz CT molecular complexity index is 449. The second-order valence-corrected chi connectivity index (χ2v) is 5.69. The van der Waals surface area contributed by atoms with Crippen molar-refractivity contribution in [3.63, 3.8) is 0 Å². The number of hydrogen-bond acceptors (Lipinski definition) is 4. The highest BCUT2D eigenvalue weighted by Crippen LogP contribution is 2.19. The summed E-state index contributed by atoms with van der Waals surface area (Å²) in [5, 5.41) is 0. The molecule has 0 saturated carbocycles. The Hall–Kier alpha value is -1.07. The van der Waals surface area contributed by atoms with E-state index in [1.165, 1.54) is 18.9 Å². The highest BCUT2D eigenvalue weighted by atomic mass is 32.2. The van der Waals surface area contributed by atoms with Gasteiger partial charge in [-0.15, -0.1) is 11.8 Å². The maximum atomic E-state index is 11.3. The van der Waals surface area contributed by atoms with Gasteiger partial charge < -0.3 is 4.74 Å². The van der Waals surface area contributed by atoms with Crippen LogP contribution in [0.1, 0.15) is 15.9 Å². The largest absolute Gasteiger partial charge is 0.465 e. The van der Waals surface area contributed by atoms with E-state index in [4.69, 9.17) is 0 Å². The van der Waals surface area contributed by atoms with Crippen LogP contribution in [0.4, 0.5) is 0 Å². The highest BCUT2D eigenvalue weighted by Gasteiger charge is 2.04. The number of benzene rings is 1. The second-order valence-electron chi connectivity index (χ2n) is 3.24. The number of ether oxygens (including phenoxy) is 1. The molecule has 1 atom stereocenters. The Labute approximate surface area is 108 Å². The lowest BCUT2D eigenvalue weighted by molar-refractivity contribution is 0.0600. The van der Waals surface area contributed by atoms with Crippen LogP contribution < -0.4 is 0 Å². The molecule has 17 heavy (non-hydrogen) atoms. The van der Waals surface area contributed by atoms with Gasteiger partial charge in [-0.2, -0.15) is 0 Å². The molecular weight excluding hydrogens is 256 g/mol. The van der Waals surface area contributed by atoms with Gasteiger partial charge in [0.2, 0.25) is 0 Å². The Morgan fingerprint density at radius 1 is 1.35 bits per heavy atom. The van der Waals surface area contributed by atoms with Crippen molar-refractivity contribution in [2.45, 2.75) is 0 Å². The molecule has 0 saturated heterocycles. The van der Waals surface area contributed by atoms with Gasteiger partial charge in [-0.3, -0.25) is 4.21 Å². The average Bonchev–Trinajstić information content (AvgIpc) is 2.35. The van der Waals surface area contributed by atoms with Crippen LogP contribution >= 0.6 is 11.8 Å². The third kappa shape index (κ3) is 4.02. The first-order valence-electron chi connectivity index (χ1n) is 4.86. The summed E-state index contributed by atoms with van der Waals surface area (Å²) < 4.78 is 16.8. The average molecular weight is 270 g/mol. The molecule has 0 heterocycles. The molecule has 1 aromatic carbocycles. The van der Waals surface area contributed by atoms with Crippen molar-refractivity contribution in [2.24, 2.45) is 0 Å². The molecule has 0 radical (unpaired) electrons. The number of esters is 1. The quantitative estimate of drug-likeness (QED) is 0.789. The molecule has 92 valence electrons. The summed E-state index contributed by atoms with van der Waals surface area (Å²) in [6, 6.07) is 6.98. The van der Waals surface area contributed by atoms with Gasteiger partial charge in [-0.25, -0.2) is 4.79 Å². The molecule has 0 amide bonds. The lowest BCUT2D eigenvalue weighted by Crippen LogP contribution is -2.00. The van der Waals surface area contributed by atoms with Crippen LogP contribution in [0.5, 0.6) is 0 Å². The van der Waals surface area contributed by atoms with E-state index in [1.54, 1.807) is 30.5 Å². The molecule has 0 N–H and O–H groups in total. The summed E-state index contributed by atoms with van der Waals surface area (Å²) in [6.07, 6.45) is 5.38. The van der Waals surface area contributed by atoms with E-state index >= 15 is 0 Å². The zero-order chi connectivity index (χ0) is 12.8. The van der Waals surface area contributed by atoms with Crippen molar-refractivity contribution < 1.29 is 13.7 Å². The maximum absolute atomic E-state index is 11.3. The highest BCUT2D eigenvalue weighted by molar-refractivity contribution is 8.16. The topological polar surface area (TPSA) is 43.4 Å². The molecule has 0 aliphatic rings. The molecule has 0 spiro atoms. The van der Waals surface area contributed by atoms with Gasteiger partial charge in [0.05, 0.1) is 27.7 Å². The standard InChI is InChI=1S/C12H14O3S2/c1-15-12(13)10-6-4-9(5-7-10)8-11(16-2)17(3)14/h4-8H,1-3H3/b11-8+. The number of rotatable bonds is 4. The minimum Gasteiger partial charge on any atom is -0.465 e. The minimum atomic E-state index is -0.987. The van der Waals surface area contributed by atoms with Crippen molar-refractivity contribution >= 4 is 34.6 Å². The summed E-state index contributed by atoms with van der Waals surface area (Å²) in [6.45, 7) is 0. The van der Waals surface area contributed by atoms with Gasteiger partial charge in [0.25, 0.3) is 0 Å². The molecule has 0 aliphatic heterocycles. The fraction of sp³-hybridized carbons (Fsp3) is 0.250. The van der Waals surface area contributed by atoms with Crippen LogP contribution in [0.15, 0.2) is 28.5 Å².